The highest BCUT2D eigenvalue weighted by molar-refractivity contribution is 6.02. The summed E-state index contributed by atoms with van der Waals surface area (Å²) in [5.74, 6) is -0.663. The zero-order valence-corrected chi connectivity index (χ0v) is 16.8. The molecule has 3 rings (SSSR count). The fourth-order valence-electron chi connectivity index (χ4n) is 3.43. The second-order valence-corrected chi connectivity index (χ2v) is 6.77. The molecule has 29 heavy (non-hydrogen) atoms. The molecular weight excluding hydrogens is 370 g/mol. The molecule has 1 aliphatic rings. The molecule has 7 nitrogen and oxygen atoms in total. The van der Waals surface area contributed by atoms with E-state index in [-0.39, 0.29) is 17.4 Å². The Balaban J connectivity index is 1.92. The number of methoxy groups -OCH3 is 1. The van der Waals surface area contributed by atoms with Crippen LogP contribution in [-0.4, -0.2) is 54.8 Å². The lowest BCUT2D eigenvalue weighted by molar-refractivity contribution is -0.130. The number of aromatic nitrogens is 1. The first-order chi connectivity index (χ1) is 14.0. The van der Waals surface area contributed by atoms with Gasteiger partial charge < -0.3 is 18.9 Å². The molecule has 0 radical (unpaired) electrons. The summed E-state index contributed by atoms with van der Waals surface area (Å²) < 4.78 is 12.0. The second-order valence-electron chi connectivity index (χ2n) is 6.77. The smallest absolute Gasteiger partial charge is 0.337 e. The Labute approximate surface area is 169 Å². The largest absolute Gasteiger partial charge is 0.465 e. The number of benzene rings is 1. The lowest BCUT2D eigenvalue weighted by Crippen LogP contribution is -2.41. The van der Waals surface area contributed by atoms with Crippen LogP contribution in [-0.2, 0) is 14.3 Å². The van der Waals surface area contributed by atoms with Gasteiger partial charge >= 0.3 is 5.97 Å². The van der Waals surface area contributed by atoms with Gasteiger partial charge in [0.05, 0.1) is 25.9 Å². The third-order valence-electron chi connectivity index (χ3n) is 4.97. The normalized spacial score (nSPS) is 14.4. The van der Waals surface area contributed by atoms with Gasteiger partial charge in [-0.05, 0) is 55.8 Å². The summed E-state index contributed by atoms with van der Waals surface area (Å²) in [7, 11) is 1.35. The van der Waals surface area contributed by atoms with Crippen LogP contribution in [0.1, 0.15) is 27.3 Å². The summed E-state index contributed by atoms with van der Waals surface area (Å²) in [6.45, 7) is 5.84. The third-order valence-corrected chi connectivity index (χ3v) is 4.97. The van der Waals surface area contributed by atoms with Crippen LogP contribution in [0.2, 0.25) is 0 Å². The molecular formula is C22H23N3O4. The van der Waals surface area contributed by atoms with E-state index in [0.29, 0.717) is 31.9 Å². The van der Waals surface area contributed by atoms with Gasteiger partial charge in [0.1, 0.15) is 11.6 Å². The Morgan fingerprint density at radius 2 is 1.83 bits per heavy atom. The van der Waals surface area contributed by atoms with Gasteiger partial charge in [0.25, 0.3) is 5.91 Å². The molecule has 0 atom stereocenters. The van der Waals surface area contributed by atoms with Gasteiger partial charge in [0.2, 0.25) is 0 Å². The van der Waals surface area contributed by atoms with Crippen LogP contribution in [0.25, 0.3) is 11.8 Å². The maximum absolute atomic E-state index is 12.7. The maximum Gasteiger partial charge on any atom is 0.337 e. The fraction of sp³-hybridized carbons (Fsp3) is 0.318. The predicted molar refractivity (Wildman–Crippen MR) is 108 cm³/mol. The van der Waals surface area contributed by atoms with Gasteiger partial charge in [-0.3, -0.25) is 4.79 Å². The van der Waals surface area contributed by atoms with E-state index in [1.807, 2.05) is 42.7 Å². The van der Waals surface area contributed by atoms with Crippen molar-refractivity contribution in [2.75, 3.05) is 33.4 Å². The minimum absolute atomic E-state index is 0.105. The van der Waals surface area contributed by atoms with E-state index in [4.69, 9.17) is 9.47 Å². The maximum atomic E-state index is 12.7. The first-order valence-electron chi connectivity index (χ1n) is 9.32. The highest BCUT2D eigenvalue weighted by Crippen LogP contribution is 2.24. The number of morpholine rings is 1. The van der Waals surface area contributed by atoms with Crippen LogP contribution in [0.3, 0.4) is 0 Å². The lowest BCUT2D eigenvalue weighted by Gasteiger charge is -2.26. The summed E-state index contributed by atoms with van der Waals surface area (Å²) in [5.41, 5.74) is 4.12. The van der Waals surface area contributed by atoms with Crippen LogP contribution in [0.15, 0.2) is 35.9 Å². The summed E-state index contributed by atoms with van der Waals surface area (Å²) in [6, 6.07) is 11.1. The number of nitrogens with zero attached hydrogens (tertiary/aromatic N) is 3. The van der Waals surface area contributed by atoms with Crippen LogP contribution in [0.4, 0.5) is 0 Å². The summed E-state index contributed by atoms with van der Waals surface area (Å²) >= 11 is 0. The van der Waals surface area contributed by atoms with E-state index in [2.05, 4.69) is 0 Å². The number of hydrogen-bond donors (Lipinski definition) is 0. The Morgan fingerprint density at radius 1 is 1.17 bits per heavy atom. The van der Waals surface area contributed by atoms with E-state index >= 15 is 0 Å². The lowest BCUT2D eigenvalue weighted by atomic mass is 10.1. The fourth-order valence-corrected chi connectivity index (χ4v) is 3.43. The summed E-state index contributed by atoms with van der Waals surface area (Å²) in [5, 5.41) is 9.53. The van der Waals surface area contributed by atoms with Crippen molar-refractivity contribution in [3.63, 3.8) is 0 Å². The predicted octanol–water partition coefficient (Wildman–Crippen LogP) is 2.65. The molecule has 0 saturated carbocycles. The van der Waals surface area contributed by atoms with Gasteiger partial charge in [0.15, 0.2) is 0 Å². The van der Waals surface area contributed by atoms with Crippen molar-refractivity contribution in [1.29, 1.82) is 5.26 Å². The number of amides is 1. The van der Waals surface area contributed by atoms with Crippen molar-refractivity contribution in [1.82, 2.24) is 9.47 Å². The molecule has 1 aliphatic heterocycles. The highest BCUT2D eigenvalue weighted by Gasteiger charge is 2.21. The molecule has 0 bridgehead atoms. The second kappa shape index (κ2) is 8.76. The van der Waals surface area contributed by atoms with E-state index in [1.54, 1.807) is 23.1 Å². The average Bonchev–Trinajstić information content (AvgIpc) is 3.04. The Bertz CT molecular complexity index is 990. The first kappa shape index (κ1) is 20.4. The van der Waals surface area contributed by atoms with Gasteiger partial charge in [-0.1, -0.05) is 0 Å². The zero-order chi connectivity index (χ0) is 21.0. The number of ether oxygens (including phenoxy) is 2. The van der Waals surface area contributed by atoms with E-state index < -0.39 is 0 Å². The van der Waals surface area contributed by atoms with Gasteiger partial charge in [-0.25, -0.2) is 4.79 Å². The minimum atomic E-state index is -0.388. The van der Waals surface area contributed by atoms with Crippen molar-refractivity contribution in [2.24, 2.45) is 0 Å². The van der Waals surface area contributed by atoms with Crippen molar-refractivity contribution in [2.45, 2.75) is 13.8 Å². The average molecular weight is 393 g/mol. The van der Waals surface area contributed by atoms with E-state index in [0.717, 1.165) is 22.6 Å². The molecule has 0 N–H and O–H groups in total. The number of carbonyl (C=O) groups is 2. The number of aryl methyl sites for hydroxylation is 1. The quantitative estimate of drug-likeness (QED) is 0.453. The number of rotatable bonds is 4. The molecule has 1 aromatic carbocycles. The number of esters is 1. The van der Waals surface area contributed by atoms with E-state index in [1.165, 1.54) is 7.11 Å². The van der Waals surface area contributed by atoms with Crippen molar-refractivity contribution >= 4 is 18.0 Å². The monoisotopic (exact) mass is 393 g/mol. The topological polar surface area (TPSA) is 84.6 Å². The Morgan fingerprint density at radius 3 is 2.41 bits per heavy atom. The molecule has 0 unspecified atom stereocenters. The van der Waals surface area contributed by atoms with Crippen LogP contribution >= 0.6 is 0 Å². The number of hydrogen-bond acceptors (Lipinski definition) is 5. The summed E-state index contributed by atoms with van der Waals surface area (Å²) in [6.07, 6.45) is 1.64. The molecule has 1 fully saturated rings. The Kier molecular flexibility index (Phi) is 6.15. The van der Waals surface area contributed by atoms with Crippen LogP contribution in [0, 0.1) is 25.2 Å². The third kappa shape index (κ3) is 4.23. The molecule has 150 valence electrons. The molecule has 0 spiro atoms. The molecule has 0 aliphatic carbocycles. The Hall–Kier alpha value is -3.37. The van der Waals surface area contributed by atoms with Crippen LogP contribution in [0.5, 0.6) is 0 Å². The molecule has 1 aromatic heterocycles. The van der Waals surface area contributed by atoms with Crippen LogP contribution < -0.4 is 0 Å². The summed E-state index contributed by atoms with van der Waals surface area (Å²) in [4.78, 5) is 25.9. The SMILES string of the molecule is COC(=O)c1ccc(-n2c(C)cc(/C=C(\C#N)C(=O)N3CCOCC3)c2C)cc1. The molecule has 2 aromatic rings. The number of nitriles is 1. The van der Waals surface area contributed by atoms with Gasteiger partial charge in [-0.15, -0.1) is 0 Å². The van der Waals surface area contributed by atoms with Crippen molar-refractivity contribution < 1.29 is 19.1 Å². The molecule has 7 heteroatoms. The number of carbonyl (C=O) groups excluding carboxylic acids is 2. The first-order valence-corrected chi connectivity index (χ1v) is 9.32. The standard InChI is InChI=1S/C22H23N3O4/c1-15-12-18(13-19(14-23)21(26)24-8-10-29-11-9-24)16(2)25(15)20-6-4-17(5-7-20)22(27)28-3/h4-7,12-13H,8-11H2,1-3H3/b19-13+. The van der Waals surface area contributed by atoms with E-state index in [9.17, 15) is 14.9 Å². The molecule has 1 saturated heterocycles. The highest BCUT2D eigenvalue weighted by atomic mass is 16.5. The molecule has 2 heterocycles. The van der Waals surface area contributed by atoms with Gasteiger partial charge in [-0.2, -0.15) is 5.26 Å². The van der Waals surface area contributed by atoms with Crippen molar-refractivity contribution in [3.05, 3.63) is 58.4 Å². The minimum Gasteiger partial charge on any atom is -0.465 e. The van der Waals surface area contributed by atoms with Crippen molar-refractivity contribution in [3.8, 4) is 11.8 Å². The zero-order valence-electron chi connectivity index (χ0n) is 16.8. The van der Waals surface area contributed by atoms with Gasteiger partial charge in [0, 0.05) is 30.2 Å². The molecule has 1 amide bonds.